The van der Waals surface area contributed by atoms with E-state index in [4.69, 9.17) is 0 Å². The molecule has 0 bridgehead atoms. The van der Waals surface area contributed by atoms with Crippen LogP contribution in [0.5, 0.6) is 0 Å². The van der Waals surface area contributed by atoms with E-state index in [1.807, 2.05) is 36.4 Å². The Labute approximate surface area is 90.8 Å². The summed E-state index contributed by atoms with van der Waals surface area (Å²) in [6, 6.07) is 10.1. The number of hydrogen-bond acceptors (Lipinski definition) is 1. The van der Waals surface area contributed by atoms with Crippen molar-refractivity contribution in [2.75, 3.05) is 0 Å². The van der Waals surface area contributed by atoms with Crippen molar-refractivity contribution in [3.05, 3.63) is 41.5 Å². The van der Waals surface area contributed by atoms with Crippen LogP contribution in [0.2, 0.25) is 0 Å². The van der Waals surface area contributed by atoms with Crippen LogP contribution < -0.4 is 0 Å². The molecule has 0 N–H and O–H groups in total. The van der Waals surface area contributed by atoms with Crippen molar-refractivity contribution < 1.29 is 4.79 Å². The molecule has 2 rings (SSSR count). The van der Waals surface area contributed by atoms with Crippen molar-refractivity contribution in [3.63, 3.8) is 0 Å². The van der Waals surface area contributed by atoms with Crippen LogP contribution in [0.15, 0.2) is 35.9 Å². The summed E-state index contributed by atoms with van der Waals surface area (Å²) in [6.45, 7) is 2.15. The molecule has 0 aliphatic heterocycles. The molecule has 0 aromatic heterocycles. The number of hydrogen-bond donors (Lipinski definition) is 0. The minimum atomic E-state index is 0.331. The zero-order valence-corrected chi connectivity index (χ0v) is 9.07. The lowest BCUT2D eigenvalue weighted by molar-refractivity contribution is -0.117. The predicted octanol–water partition coefficient (Wildman–Crippen LogP) is 3.46. The summed E-state index contributed by atoms with van der Waals surface area (Å²) < 4.78 is 0. The van der Waals surface area contributed by atoms with Gasteiger partial charge in [-0.25, -0.2) is 0 Å². The molecule has 1 nitrogen and oxygen atoms in total. The summed E-state index contributed by atoms with van der Waals surface area (Å²) in [4.78, 5) is 11.7. The van der Waals surface area contributed by atoms with E-state index in [1.54, 1.807) is 0 Å². The Morgan fingerprint density at radius 2 is 2.00 bits per heavy atom. The van der Waals surface area contributed by atoms with Crippen molar-refractivity contribution in [1.29, 1.82) is 0 Å². The Hall–Kier alpha value is -1.37. The molecule has 0 unspecified atom stereocenters. The van der Waals surface area contributed by atoms with Crippen LogP contribution in [0, 0.1) is 5.92 Å². The van der Waals surface area contributed by atoms with Gasteiger partial charge >= 0.3 is 0 Å². The lowest BCUT2D eigenvalue weighted by Gasteiger charge is -2.18. The molecule has 1 aromatic carbocycles. The molecule has 1 fully saturated rings. The van der Waals surface area contributed by atoms with Gasteiger partial charge in [0.25, 0.3) is 0 Å². The molecule has 0 heterocycles. The molecule has 0 spiro atoms. The molecule has 1 aliphatic rings. The van der Waals surface area contributed by atoms with Crippen LogP contribution in [-0.2, 0) is 4.79 Å². The predicted molar refractivity (Wildman–Crippen MR) is 62.4 cm³/mol. The van der Waals surface area contributed by atoms with Crippen LogP contribution in [-0.4, -0.2) is 5.78 Å². The van der Waals surface area contributed by atoms with Crippen LogP contribution in [0.25, 0.3) is 6.08 Å². The standard InChI is InChI=1S/C14H16O/c1-11-7-8-13(14(15)9-11)10-12-5-3-2-4-6-12/h2-6,10-11H,7-9H2,1H3/b13-10+/t11-/m0/s1. The smallest absolute Gasteiger partial charge is 0.159 e. The van der Waals surface area contributed by atoms with Gasteiger partial charge in [0, 0.05) is 6.42 Å². The summed E-state index contributed by atoms with van der Waals surface area (Å²) >= 11 is 0. The van der Waals surface area contributed by atoms with E-state index in [2.05, 4.69) is 6.92 Å². The first kappa shape index (κ1) is 10.2. The second-order valence-electron chi connectivity index (χ2n) is 4.35. The zero-order chi connectivity index (χ0) is 10.7. The van der Waals surface area contributed by atoms with Crippen molar-refractivity contribution in [2.45, 2.75) is 26.2 Å². The van der Waals surface area contributed by atoms with E-state index in [-0.39, 0.29) is 0 Å². The Balaban J connectivity index is 2.17. The van der Waals surface area contributed by atoms with E-state index >= 15 is 0 Å². The van der Waals surface area contributed by atoms with E-state index in [0.29, 0.717) is 11.7 Å². The molecule has 0 radical (unpaired) electrons. The van der Waals surface area contributed by atoms with Crippen LogP contribution in [0.1, 0.15) is 31.7 Å². The van der Waals surface area contributed by atoms with Crippen molar-refractivity contribution in [3.8, 4) is 0 Å². The van der Waals surface area contributed by atoms with Gasteiger partial charge in [0.05, 0.1) is 0 Å². The lowest BCUT2D eigenvalue weighted by atomic mass is 9.85. The first-order valence-electron chi connectivity index (χ1n) is 5.54. The minimum absolute atomic E-state index is 0.331. The molecule has 0 amide bonds. The van der Waals surface area contributed by atoms with E-state index in [0.717, 1.165) is 30.4 Å². The monoisotopic (exact) mass is 200 g/mol. The number of carbonyl (C=O) groups excluding carboxylic acids is 1. The van der Waals surface area contributed by atoms with Crippen LogP contribution in [0.3, 0.4) is 0 Å². The van der Waals surface area contributed by atoms with Crippen LogP contribution >= 0.6 is 0 Å². The van der Waals surface area contributed by atoms with Gasteiger partial charge in [0.2, 0.25) is 0 Å². The maximum Gasteiger partial charge on any atom is 0.159 e. The third kappa shape index (κ3) is 2.56. The molecule has 0 saturated heterocycles. The fourth-order valence-electron chi connectivity index (χ4n) is 1.99. The molecule has 1 saturated carbocycles. The first-order chi connectivity index (χ1) is 7.25. The number of carbonyl (C=O) groups is 1. The van der Waals surface area contributed by atoms with E-state index in [9.17, 15) is 4.79 Å². The number of Topliss-reactive ketones (excluding diaryl/α,β-unsaturated/α-hetero) is 1. The fraction of sp³-hybridized carbons (Fsp3) is 0.357. The largest absolute Gasteiger partial charge is 0.295 e. The van der Waals surface area contributed by atoms with Gasteiger partial charge in [-0.3, -0.25) is 4.79 Å². The Bertz CT molecular complexity index is 376. The molecule has 1 aromatic rings. The van der Waals surface area contributed by atoms with Crippen molar-refractivity contribution in [1.82, 2.24) is 0 Å². The molecule has 78 valence electrons. The van der Waals surface area contributed by atoms with E-state index < -0.39 is 0 Å². The maximum absolute atomic E-state index is 11.7. The highest BCUT2D eigenvalue weighted by Gasteiger charge is 2.19. The fourth-order valence-corrected chi connectivity index (χ4v) is 1.99. The van der Waals surface area contributed by atoms with Gasteiger partial charge < -0.3 is 0 Å². The number of benzene rings is 1. The normalized spacial score (nSPS) is 24.5. The molecule has 15 heavy (non-hydrogen) atoms. The topological polar surface area (TPSA) is 17.1 Å². The lowest BCUT2D eigenvalue weighted by Crippen LogP contribution is -2.15. The average Bonchev–Trinajstić information content (AvgIpc) is 2.24. The van der Waals surface area contributed by atoms with Gasteiger partial charge in [0.15, 0.2) is 5.78 Å². The van der Waals surface area contributed by atoms with Gasteiger partial charge in [-0.1, -0.05) is 37.3 Å². The van der Waals surface area contributed by atoms with Crippen molar-refractivity contribution in [2.24, 2.45) is 5.92 Å². The van der Waals surface area contributed by atoms with Crippen LogP contribution in [0.4, 0.5) is 0 Å². The summed E-state index contributed by atoms with van der Waals surface area (Å²) in [5, 5.41) is 0. The maximum atomic E-state index is 11.7. The molecular weight excluding hydrogens is 184 g/mol. The number of allylic oxidation sites excluding steroid dienone is 1. The summed E-state index contributed by atoms with van der Waals surface area (Å²) in [5.74, 6) is 0.892. The van der Waals surface area contributed by atoms with Gasteiger partial charge in [-0.2, -0.15) is 0 Å². The quantitative estimate of drug-likeness (QED) is 0.634. The number of ketones is 1. The SMILES string of the molecule is C[C@H]1CC/C(=C\c2ccccc2)C(=O)C1. The third-order valence-electron chi connectivity index (χ3n) is 2.94. The average molecular weight is 200 g/mol. The number of rotatable bonds is 1. The summed E-state index contributed by atoms with van der Waals surface area (Å²) in [7, 11) is 0. The van der Waals surface area contributed by atoms with E-state index in [1.165, 1.54) is 0 Å². The molecule has 1 atom stereocenters. The summed E-state index contributed by atoms with van der Waals surface area (Å²) in [6.07, 6.45) is 4.84. The highest BCUT2D eigenvalue weighted by molar-refractivity contribution is 6.00. The molecule has 1 heteroatoms. The Kier molecular flexibility index (Phi) is 3.00. The van der Waals surface area contributed by atoms with Gasteiger partial charge in [-0.05, 0) is 36.0 Å². The van der Waals surface area contributed by atoms with Crippen molar-refractivity contribution >= 4 is 11.9 Å². The van der Waals surface area contributed by atoms with Gasteiger partial charge in [0.1, 0.15) is 0 Å². The second kappa shape index (κ2) is 4.43. The Morgan fingerprint density at radius 1 is 1.27 bits per heavy atom. The highest BCUT2D eigenvalue weighted by Crippen LogP contribution is 2.26. The third-order valence-corrected chi connectivity index (χ3v) is 2.94. The summed E-state index contributed by atoms with van der Waals surface area (Å²) in [5.41, 5.74) is 2.13. The molecule has 1 aliphatic carbocycles. The first-order valence-corrected chi connectivity index (χ1v) is 5.54. The molecular formula is C14H16O. The second-order valence-corrected chi connectivity index (χ2v) is 4.35. The Morgan fingerprint density at radius 3 is 2.67 bits per heavy atom. The zero-order valence-electron chi connectivity index (χ0n) is 9.07. The van der Waals surface area contributed by atoms with Gasteiger partial charge in [-0.15, -0.1) is 0 Å². The minimum Gasteiger partial charge on any atom is -0.295 e. The highest BCUT2D eigenvalue weighted by atomic mass is 16.1.